The predicted molar refractivity (Wildman–Crippen MR) is 77.3 cm³/mol. The van der Waals surface area contributed by atoms with E-state index in [2.05, 4.69) is 42.0 Å². The van der Waals surface area contributed by atoms with Gasteiger partial charge >= 0.3 is 0 Å². The van der Waals surface area contributed by atoms with E-state index >= 15 is 0 Å². The summed E-state index contributed by atoms with van der Waals surface area (Å²) < 4.78 is 6.64. The number of amides is 1. The molecule has 1 N–H and O–H groups in total. The average Bonchev–Trinajstić information content (AvgIpc) is 2.33. The van der Waals surface area contributed by atoms with E-state index in [1.165, 1.54) is 18.1 Å². The molecule has 0 bridgehead atoms. The van der Waals surface area contributed by atoms with E-state index in [9.17, 15) is 4.79 Å². The Morgan fingerprint density at radius 2 is 1.83 bits per heavy atom. The van der Waals surface area contributed by atoms with Gasteiger partial charge in [-0.05, 0) is 43.9 Å². The van der Waals surface area contributed by atoms with E-state index in [1.54, 1.807) is 7.11 Å². The van der Waals surface area contributed by atoms with Crippen molar-refractivity contribution in [2.45, 2.75) is 34.1 Å². The van der Waals surface area contributed by atoms with Gasteiger partial charge in [-0.25, -0.2) is 0 Å². The van der Waals surface area contributed by atoms with Gasteiger partial charge in [0.1, 0.15) is 5.75 Å². The number of methoxy groups -OCH3 is 1. The molecule has 0 saturated carbocycles. The molecule has 4 heteroatoms. The second kappa shape index (κ2) is 6.23. The van der Waals surface area contributed by atoms with Crippen LogP contribution in [0.4, 0.5) is 0 Å². The number of ether oxygens (including phenoxy) is 1. The number of rotatable bonds is 4. The van der Waals surface area contributed by atoms with E-state index in [0.717, 1.165) is 27.8 Å². The van der Waals surface area contributed by atoms with Crippen LogP contribution in [0.15, 0.2) is 4.47 Å². The molecule has 0 unspecified atom stereocenters. The molecule has 0 aliphatic carbocycles. The van der Waals surface area contributed by atoms with Crippen molar-refractivity contribution < 1.29 is 9.53 Å². The maximum atomic E-state index is 10.9. The van der Waals surface area contributed by atoms with Gasteiger partial charge in [-0.3, -0.25) is 4.79 Å². The van der Waals surface area contributed by atoms with Crippen LogP contribution in [-0.4, -0.2) is 19.6 Å². The molecule has 1 rings (SSSR count). The Bertz CT molecular complexity index is 470. The number of hydrogen-bond donors (Lipinski definition) is 1. The standard InChI is InChI=1S/C14H20BrNO2/c1-8-9(2)14(18-5)12(10(3)13(8)15)6-7-16-11(4)17/h6-7H2,1-5H3,(H,16,17). The van der Waals surface area contributed by atoms with Crippen LogP contribution in [0.1, 0.15) is 29.2 Å². The van der Waals surface area contributed by atoms with Crippen molar-refractivity contribution in [2.75, 3.05) is 13.7 Å². The third kappa shape index (κ3) is 3.05. The molecule has 0 aromatic heterocycles. The van der Waals surface area contributed by atoms with E-state index in [1.807, 2.05) is 0 Å². The fourth-order valence-corrected chi connectivity index (χ4v) is 2.62. The summed E-state index contributed by atoms with van der Waals surface area (Å²) >= 11 is 3.62. The Kier molecular flexibility index (Phi) is 5.20. The van der Waals surface area contributed by atoms with Gasteiger partial charge in [-0.2, -0.15) is 0 Å². The van der Waals surface area contributed by atoms with Crippen molar-refractivity contribution in [3.8, 4) is 5.75 Å². The minimum absolute atomic E-state index is 0.00507. The largest absolute Gasteiger partial charge is 0.496 e. The molecule has 0 heterocycles. The lowest BCUT2D eigenvalue weighted by Crippen LogP contribution is -2.23. The fraction of sp³-hybridized carbons (Fsp3) is 0.500. The summed E-state index contributed by atoms with van der Waals surface area (Å²) in [6.45, 7) is 8.36. The summed E-state index contributed by atoms with van der Waals surface area (Å²) in [6.07, 6.45) is 0.772. The van der Waals surface area contributed by atoms with Crippen LogP contribution in [0.2, 0.25) is 0 Å². The van der Waals surface area contributed by atoms with Crippen molar-refractivity contribution in [1.29, 1.82) is 0 Å². The maximum Gasteiger partial charge on any atom is 0.216 e. The first-order valence-corrected chi connectivity index (χ1v) is 6.76. The highest BCUT2D eigenvalue weighted by atomic mass is 79.9. The number of carbonyl (C=O) groups is 1. The highest BCUT2D eigenvalue weighted by molar-refractivity contribution is 9.10. The van der Waals surface area contributed by atoms with E-state index < -0.39 is 0 Å². The Hall–Kier alpha value is -1.03. The normalized spacial score (nSPS) is 10.3. The molecule has 0 spiro atoms. The smallest absolute Gasteiger partial charge is 0.216 e. The molecule has 0 atom stereocenters. The lowest BCUT2D eigenvalue weighted by molar-refractivity contribution is -0.118. The van der Waals surface area contributed by atoms with Crippen molar-refractivity contribution in [3.05, 3.63) is 26.7 Å². The number of nitrogens with one attached hydrogen (secondary N) is 1. The summed E-state index contributed by atoms with van der Waals surface area (Å²) in [5.74, 6) is 0.924. The molecule has 3 nitrogen and oxygen atoms in total. The highest BCUT2D eigenvalue weighted by Crippen LogP contribution is 2.36. The Morgan fingerprint density at radius 1 is 1.22 bits per heavy atom. The lowest BCUT2D eigenvalue weighted by atomic mass is 9.97. The zero-order chi connectivity index (χ0) is 13.9. The van der Waals surface area contributed by atoms with E-state index in [-0.39, 0.29) is 5.91 Å². The van der Waals surface area contributed by atoms with Crippen molar-refractivity contribution in [2.24, 2.45) is 0 Å². The maximum absolute atomic E-state index is 10.9. The van der Waals surface area contributed by atoms with Crippen molar-refractivity contribution in [3.63, 3.8) is 0 Å². The summed E-state index contributed by atoms with van der Waals surface area (Å²) in [6, 6.07) is 0. The Labute approximate surface area is 117 Å². The average molecular weight is 314 g/mol. The monoisotopic (exact) mass is 313 g/mol. The van der Waals surface area contributed by atoms with Crippen LogP contribution >= 0.6 is 15.9 Å². The number of benzene rings is 1. The van der Waals surface area contributed by atoms with Crippen LogP contribution < -0.4 is 10.1 Å². The first kappa shape index (κ1) is 15.0. The third-order valence-electron chi connectivity index (χ3n) is 3.24. The molecule has 1 amide bonds. The summed E-state index contributed by atoms with van der Waals surface area (Å²) in [4.78, 5) is 10.9. The molecule has 0 aliphatic heterocycles. The van der Waals surface area contributed by atoms with Gasteiger partial charge in [0.2, 0.25) is 5.91 Å². The molecule has 0 fully saturated rings. The van der Waals surface area contributed by atoms with Crippen molar-refractivity contribution >= 4 is 21.8 Å². The van der Waals surface area contributed by atoms with Gasteiger partial charge in [0.25, 0.3) is 0 Å². The van der Waals surface area contributed by atoms with Gasteiger partial charge in [0.15, 0.2) is 0 Å². The number of carbonyl (C=O) groups excluding carboxylic acids is 1. The second-order valence-corrected chi connectivity index (χ2v) is 5.23. The molecular formula is C14H20BrNO2. The van der Waals surface area contributed by atoms with Crippen LogP contribution in [0.3, 0.4) is 0 Å². The molecule has 0 saturated heterocycles. The minimum atomic E-state index is -0.00507. The molecule has 100 valence electrons. The van der Waals surface area contributed by atoms with E-state index in [0.29, 0.717) is 6.54 Å². The van der Waals surface area contributed by atoms with Gasteiger partial charge in [0.05, 0.1) is 7.11 Å². The first-order valence-electron chi connectivity index (χ1n) is 5.96. The minimum Gasteiger partial charge on any atom is -0.496 e. The van der Waals surface area contributed by atoms with Crippen LogP contribution in [0.25, 0.3) is 0 Å². The molecule has 0 aliphatic rings. The fourth-order valence-electron chi connectivity index (χ4n) is 2.09. The Morgan fingerprint density at radius 3 is 2.33 bits per heavy atom. The van der Waals surface area contributed by atoms with Crippen LogP contribution in [0.5, 0.6) is 5.75 Å². The zero-order valence-electron chi connectivity index (χ0n) is 11.6. The summed E-state index contributed by atoms with van der Waals surface area (Å²) in [5.41, 5.74) is 4.68. The van der Waals surface area contributed by atoms with Gasteiger partial charge < -0.3 is 10.1 Å². The number of halogens is 1. The predicted octanol–water partition coefficient (Wildman–Crippen LogP) is 3.06. The summed E-state index contributed by atoms with van der Waals surface area (Å²) in [7, 11) is 1.69. The lowest BCUT2D eigenvalue weighted by Gasteiger charge is -2.19. The SMILES string of the molecule is COc1c(C)c(C)c(Br)c(C)c1CCNC(C)=O. The van der Waals surface area contributed by atoms with E-state index in [4.69, 9.17) is 4.74 Å². The first-order chi connectivity index (χ1) is 8.40. The molecule has 1 aromatic rings. The van der Waals surface area contributed by atoms with Gasteiger partial charge in [0, 0.05) is 23.5 Å². The summed E-state index contributed by atoms with van der Waals surface area (Å²) in [5, 5.41) is 2.82. The zero-order valence-corrected chi connectivity index (χ0v) is 13.2. The molecule has 1 aromatic carbocycles. The third-order valence-corrected chi connectivity index (χ3v) is 4.43. The van der Waals surface area contributed by atoms with Gasteiger partial charge in [-0.1, -0.05) is 15.9 Å². The molecule has 18 heavy (non-hydrogen) atoms. The second-order valence-electron chi connectivity index (χ2n) is 4.43. The van der Waals surface area contributed by atoms with Gasteiger partial charge in [-0.15, -0.1) is 0 Å². The Balaban J connectivity index is 3.12. The molecular weight excluding hydrogens is 294 g/mol. The van der Waals surface area contributed by atoms with Crippen molar-refractivity contribution in [1.82, 2.24) is 5.32 Å². The van der Waals surface area contributed by atoms with Crippen LogP contribution in [-0.2, 0) is 11.2 Å². The van der Waals surface area contributed by atoms with Crippen LogP contribution in [0, 0.1) is 20.8 Å². The quantitative estimate of drug-likeness (QED) is 0.927. The number of hydrogen-bond acceptors (Lipinski definition) is 2. The topological polar surface area (TPSA) is 38.3 Å². The highest BCUT2D eigenvalue weighted by Gasteiger charge is 2.16. The molecule has 0 radical (unpaired) electrons.